The molecule has 31 heavy (non-hydrogen) atoms. The van der Waals surface area contributed by atoms with Crippen LogP contribution < -0.4 is 10.2 Å². The van der Waals surface area contributed by atoms with E-state index in [1.807, 2.05) is 42.5 Å². The Balaban J connectivity index is 1.43. The Labute approximate surface area is 180 Å². The number of furan rings is 1. The molecule has 0 spiro atoms. The number of benzene rings is 2. The minimum atomic E-state index is -0.680. The zero-order chi connectivity index (χ0) is 21.6. The number of nitrogens with zero attached hydrogens (tertiary/aromatic N) is 2. The highest BCUT2D eigenvalue weighted by molar-refractivity contribution is 5.95. The van der Waals surface area contributed by atoms with Crippen molar-refractivity contribution in [2.75, 3.05) is 31.1 Å². The number of anilines is 1. The van der Waals surface area contributed by atoms with Crippen LogP contribution in [0.15, 0.2) is 77.4 Å². The van der Waals surface area contributed by atoms with Crippen molar-refractivity contribution in [2.45, 2.75) is 12.5 Å². The molecule has 2 heterocycles. The molecule has 7 nitrogen and oxygen atoms in total. The molecule has 160 valence electrons. The molecule has 1 aliphatic heterocycles. The van der Waals surface area contributed by atoms with Crippen molar-refractivity contribution >= 4 is 17.5 Å². The molecule has 2 amide bonds. The first-order valence-electron chi connectivity index (χ1n) is 10.3. The number of carbonyl (C=O) groups excluding carboxylic acids is 2. The summed E-state index contributed by atoms with van der Waals surface area (Å²) in [5, 5.41) is 12.3. The van der Waals surface area contributed by atoms with Crippen LogP contribution >= 0.6 is 0 Å². The van der Waals surface area contributed by atoms with Gasteiger partial charge in [-0.25, -0.2) is 0 Å². The smallest absolute Gasteiger partial charge is 0.287 e. The van der Waals surface area contributed by atoms with Crippen molar-refractivity contribution in [3.8, 4) is 5.75 Å². The van der Waals surface area contributed by atoms with Crippen LogP contribution in [0.3, 0.4) is 0 Å². The Morgan fingerprint density at radius 3 is 2.29 bits per heavy atom. The van der Waals surface area contributed by atoms with Crippen LogP contribution in [0.1, 0.15) is 16.1 Å². The largest absolute Gasteiger partial charge is 0.508 e. The lowest BCUT2D eigenvalue weighted by Crippen LogP contribution is -2.55. The maximum atomic E-state index is 13.3. The molecule has 4 rings (SSSR count). The highest BCUT2D eigenvalue weighted by Gasteiger charge is 2.29. The Morgan fingerprint density at radius 2 is 1.65 bits per heavy atom. The summed E-state index contributed by atoms with van der Waals surface area (Å²) in [6, 6.07) is 19.3. The van der Waals surface area contributed by atoms with Gasteiger partial charge in [0.15, 0.2) is 5.76 Å². The number of hydrogen-bond donors (Lipinski definition) is 2. The van der Waals surface area contributed by atoms with Gasteiger partial charge in [-0.15, -0.1) is 0 Å². The van der Waals surface area contributed by atoms with Gasteiger partial charge < -0.3 is 24.6 Å². The fourth-order valence-corrected chi connectivity index (χ4v) is 3.76. The molecule has 3 aromatic rings. The second kappa shape index (κ2) is 9.38. The van der Waals surface area contributed by atoms with Crippen molar-refractivity contribution in [3.63, 3.8) is 0 Å². The van der Waals surface area contributed by atoms with E-state index in [2.05, 4.69) is 10.2 Å². The standard InChI is InChI=1S/C24H25N3O4/c28-20-10-8-19(9-11-20)26-12-14-27(15-13-26)24(30)21(17-18-5-2-1-3-6-18)25-23(29)22-7-4-16-31-22/h1-11,16,21,28H,12-15,17H2,(H,25,29). The molecule has 2 aromatic carbocycles. The summed E-state index contributed by atoms with van der Waals surface area (Å²) in [5.41, 5.74) is 1.99. The van der Waals surface area contributed by atoms with Gasteiger partial charge >= 0.3 is 0 Å². The predicted molar refractivity (Wildman–Crippen MR) is 117 cm³/mol. The molecule has 0 saturated carbocycles. The summed E-state index contributed by atoms with van der Waals surface area (Å²) in [5.74, 6) is -0.0900. The SMILES string of the molecule is O=C(NC(Cc1ccccc1)C(=O)N1CCN(c2ccc(O)cc2)CC1)c1ccco1. The highest BCUT2D eigenvalue weighted by atomic mass is 16.3. The van der Waals surface area contributed by atoms with Crippen LogP contribution in [0.5, 0.6) is 5.75 Å². The van der Waals surface area contributed by atoms with Gasteiger partial charge in [-0.2, -0.15) is 0 Å². The first-order valence-corrected chi connectivity index (χ1v) is 10.3. The quantitative estimate of drug-likeness (QED) is 0.642. The first-order chi connectivity index (χ1) is 15.1. The third kappa shape index (κ3) is 5.06. The first kappa shape index (κ1) is 20.5. The van der Waals surface area contributed by atoms with E-state index < -0.39 is 11.9 Å². The van der Waals surface area contributed by atoms with Crippen LogP contribution in [0.25, 0.3) is 0 Å². The van der Waals surface area contributed by atoms with Crippen molar-refractivity contribution in [3.05, 3.63) is 84.3 Å². The molecule has 1 unspecified atom stereocenters. The summed E-state index contributed by atoms with van der Waals surface area (Å²) < 4.78 is 5.18. The zero-order valence-corrected chi connectivity index (χ0v) is 17.1. The lowest BCUT2D eigenvalue weighted by atomic mass is 10.0. The number of nitrogens with one attached hydrogen (secondary N) is 1. The van der Waals surface area contributed by atoms with Crippen LogP contribution in [0.2, 0.25) is 0 Å². The van der Waals surface area contributed by atoms with Crippen LogP contribution in [0.4, 0.5) is 5.69 Å². The molecule has 1 atom stereocenters. The van der Waals surface area contributed by atoms with Crippen LogP contribution in [0, 0.1) is 0 Å². The summed E-state index contributed by atoms with van der Waals surface area (Å²) in [6.07, 6.45) is 1.84. The lowest BCUT2D eigenvalue weighted by Gasteiger charge is -2.37. The molecule has 2 N–H and O–H groups in total. The number of rotatable bonds is 6. The van der Waals surface area contributed by atoms with Gasteiger partial charge in [-0.1, -0.05) is 30.3 Å². The predicted octanol–water partition coefficient (Wildman–Crippen LogP) is 2.68. The van der Waals surface area contributed by atoms with Gasteiger partial charge in [0.1, 0.15) is 11.8 Å². The monoisotopic (exact) mass is 419 g/mol. The second-order valence-electron chi connectivity index (χ2n) is 7.52. The topological polar surface area (TPSA) is 86.0 Å². The number of piperazine rings is 1. The number of phenolic OH excluding ortho intramolecular Hbond substituents is 1. The van der Waals surface area contributed by atoms with Gasteiger partial charge in [0, 0.05) is 38.3 Å². The summed E-state index contributed by atoms with van der Waals surface area (Å²) in [4.78, 5) is 29.9. The van der Waals surface area contributed by atoms with E-state index in [0.29, 0.717) is 32.6 Å². The molecule has 1 saturated heterocycles. The molecule has 1 aliphatic rings. The van der Waals surface area contributed by atoms with Crippen molar-refractivity contribution in [2.24, 2.45) is 0 Å². The maximum absolute atomic E-state index is 13.3. The van der Waals surface area contributed by atoms with Gasteiger partial charge in [0.05, 0.1) is 6.26 Å². The lowest BCUT2D eigenvalue weighted by molar-refractivity contribution is -0.133. The Kier molecular flexibility index (Phi) is 6.21. The van der Waals surface area contributed by atoms with Gasteiger partial charge in [-0.05, 0) is 42.0 Å². The number of aromatic hydroxyl groups is 1. The van der Waals surface area contributed by atoms with Gasteiger partial charge in [-0.3, -0.25) is 9.59 Å². The van der Waals surface area contributed by atoms with Crippen molar-refractivity contribution in [1.82, 2.24) is 10.2 Å². The molecule has 0 aliphatic carbocycles. The average Bonchev–Trinajstić information content (AvgIpc) is 3.35. The van der Waals surface area contributed by atoms with Gasteiger partial charge in [0.25, 0.3) is 5.91 Å². The molecule has 0 radical (unpaired) electrons. The summed E-state index contributed by atoms with van der Waals surface area (Å²) in [6.45, 7) is 2.48. The van der Waals surface area contributed by atoms with E-state index >= 15 is 0 Å². The van der Waals surface area contributed by atoms with E-state index in [-0.39, 0.29) is 17.4 Å². The normalized spacial score (nSPS) is 14.8. The van der Waals surface area contributed by atoms with E-state index in [1.165, 1.54) is 6.26 Å². The molecule has 7 heteroatoms. The van der Waals surface area contributed by atoms with E-state index in [9.17, 15) is 14.7 Å². The average molecular weight is 419 g/mol. The zero-order valence-electron chi connectivity index (χ0n) is 17.1. The van der Waals surface area contributed by atoms with Crippen molar-refractivity contribution < 1.29 is 19.1 Å². The van der Waals surface area contributed by atoms with E-state index in [4.69, 9.17) is 4.42 Å². The third-order valence-electron chi connectivity index (χ3n) is 5.44. The maximum Gasteiger partial charge on any atom is 0.287 e. The minimum absolute atomic E-state index is 0.103. The molecule has 0 bridgehead atoms. The number of amides is 2. The van der Waals surface area contributed by atoms with Gasteiger partial charge in [0.2, 0.25) is 5.91 Å². The number of hydrogen-bond acceptors (Lipinski definition) is 5. The fourth-order valence-electron chi connectivity index (χ4n) is 3.76. The summed E-state index contributed by atoms with van der Waals surface area (Å²) >= 11 is 0. The Morgan fingerprint density at radius 1 is 0.935 bits per heavy atom. The molecular formula is C24H25N3O4. The molecule has 1 fully saturated rings. The van der Waals surface area contributed by atoms with Crippen LogP contribution in [-0.4, -0.2) is 54.0 Å². The van der Waals surface area contributed by atoms with E-state index in [1.54, 1.807) is 29.2 Å². The summed E-state index contributed by atoms with van der Waals surface area (Å²) in [7, 11) is 0. The number of carbonyl (C=O) groups is 2. The highest BCUT2D eigenvalue weighted by Crippen LogP contribution is 2.20. The Hall–Kier alpha value is -3.74. The third-order valence-corrected chi connectivity index (χ3v) is 5.44. The molecule has 1 aromatic heterocycles. The van der Waals surface area contributed by atoms with E-state index in [0.717, 1.165) is 11.3 Å². The number of phenols is 1. The minimum Gasteiger partial charge on any atom is -0.508 e. The van der Waals surface area contributed by atoms with Crippen molar-refractivity contribution in [1.29, 1.82) is 0 Å². The fraction of sp³-hybridized carbons (Fsp3) is 0.250. The Bertz CT molecular complexity index is 995. The molecular weight excluding hydrogens is 394 g/mol. The van der Waals surface area contributed by atoms with Crippen LogP contribution in [-0.2, 0) is 11.2 Å². The second-order valence-corrected chi connectivity index (χ2v) is 7.52.